The number of aromatic nitrogens is 3. The molecule has 0 unspecified atom stereocenters. The highest BCUT2D eigenvalue weighted by atomic mass is 16.4. The van der Waals surface area contributed by atoms with Gasteiger partial charge in [-0.2, -0.15) is 5.10 Å². The fourth-order valence-electron chi connectivity index (χ4n) is 3.14. The normalized spacial score (nSPS) is 15.1. The first-order valence-corrected chi connectivity index (χ1v) is 8.91. The maximum atomic E-state index is 12.9. The van der Waals surface area contributed by atoms with Gasteiger partial charge < -0.3 is 10.4 Å². The number of nitrogens with zero attached hydrogens (tertiary/aromatic N) is 3. The third kappa shape index (κ3) is 2.95. The van der Waals surface area contributed by atoms with Crippen molar-refractivity contribution in [2.45, 2.75) is 38.3 Å². The molecule has 27 heavy (non-hydrogen) atoms. The first kappa shape index (κ1) is 17.2. The second kappa shape index (κ2) is 6.19. The van der Waals surface area contributed by atoms with Crippen molar-refractivity contribution in [2.75, 3.05) is 0 Å². The van der Waals surface area contributed by atoms with Crippen molar-refractivity contribution >= 4 is 22.9 Å². The highest BCUT2D eigenvalue weighted by molar-refractivity contribution is 6.08. The van der Waals surface area contributed by atoms with E-state index >= 15 is 0 Å². The van der Waals surface area contributed by atoms with Crippen LogP contribution in [-0.4, -0.2) is 37.3 Å². The van der Waals surface area contributed by atoms with Crippen molar-refractivity contribution in [1.82, 2.24) is 20.1 Å². The van der Waals surface area contributed by atoms with E-state index in [1.807, 2.05) is 44.2 Å². The molecule has 0 radical (unpaired) electrons. The van der Waals surface area contributed by atoms with Gasteiger partial charge in [0.05, 0.1) is 22.8 Å². The lowest BCUT2D eigenvalue weighted by Gasteiger charge is -2.14. The molecule has 1 amide bonds. The summed E-state index contributed by atoms with van der Waals surface area (Å²) in [5, 5.41) is 17.1. The number of aliphatic carboxylic acids is 1. The number of hydrogen-bond acceptors (Lipinski definition) is 4. The van der Waals surface area contributed by atoms with Gasteiger partial charge in [0.25, 0.3) is 5.91 Å². The highest BCUT2D eigenvalue weighted by Crippen LogP contribution is 2.36. The molecule has 3 aromatic rings. The van der Waals surface area contributed by atoms with Gasteiger partial charge in [-0.25, -0.2) is 14.5 Å². The van der Waals surface area contributed by atoms with Gasteiger partial charge in [-0.05, 0) is 32.8 Å². The third-order valence-corrected chi connectivity index (χ3v) is 4.88. The molecule has 1 saturated carbocycles. The molecule has 138 valence electrons. The van der Waals surface area contributed by atoms with Gasteiger partial charge >= 0.3 is 5.97 Å². The van der Waals surface area contributed by atoms with Gasteiger partial charge in [0.1, 0.15) is 5.54 Å². The van der Waals surface area contributed by atoms with Crippen molar-refractivity contribution in [2.24, 2.45) is 0 Å². The van der Waals surface area contributed by atoms with Crippen molar-refractivity contribution in [3.05, 3.63) is 48.2 Å². The lowest BCUT2D eigenvalue weighted by Crippen LogP contribution is -2.43. The minimum absolute atomic E-state index is 0.0747. The lowest BCUT2D eigenvalue weighted by atomic mass is 10.1. The minimum Gasteiger partial charge on any atom is -0.480 e. The molecule has 4 rings (SSSR count). The number of fused-ring (bicyclic) bond motifs is 1. The van der Waals surface area contributed by atoms with Crippen LogP contribution in [-0.2, 0) is 4.79 Å². The fraction of sp³-hybridized carbons (Fsp3) is 0.300. The van der Waals surface area contributed by atoms with Gasteiger partial charge in [-0.3, -0.25) is 4.79 Å². The van der Waals surface area contributed by atoms with Crippen molar-refractivity contribution in [1.29, 1.82) is 0 Å². The Bertz CT molecular complexity index is 1040. The van der Waals surface area contributed by atoms with Crippen molar-refractivity contribution in [3.8, 4) is 11.3 Å². The zero-order chi connectivity index (χ0) is 19.2. The number of hydrogen-bond donors (Lipinski definition) is 2. The number of nitrogens with one attached hydrogen (secondary N) is 1. The van der Waals surface area contributed by atoms with Crippen LogP contribution in [0.25, 0.3) is 22.3 Å². The largest absolute Gasteiger partial charge is 0.480 e. The van der Waals surface area contributed by atoms with Gasteiger partial charge in [-0.15, -0.1) is 0 Å². The van der Waals surface area contributed by atoms with E-state index in [2.05, 4.69) is 10.4 Å². The van der Waals surface area contributed by atoms with Crippen LogP contribution >= 0.6 is 0 Å². The molecule has 2 heterocycles. The van der Waals surface area contributed by atoms with Crippen molar-refractivity contribution < 1.29 is 14.7 Å². The van der Waals surface area contributed by atoms with Crippen LogP contribution in [0.2, 0.25) is 0 Å². The van der Waals surface area contributed by atoms with Crippen LogP contribution in [0.4, 0.5) is 0 Å². The summed E-state index contributed by atoms with van der Waals surface area (Å²) in [7, 11) is 0. The summed E-state index contributed by atoms with van der Waals surface area (Å²) < 4.78 is 1.77. The van der Waals surface area contributed by atoms with E-state index < -0.39 is 17.4 Å². The smallest absolute Gasteiger partial charge is 0.329 e. The lowest BCUT2D eigenvalue weighted by molar-refractivity contribution is -0.140. The number of rotatable bonds is 5. The average molecular weight is 364 g/mol. The number of carboxylic acids is 1. The molecule has 7 nitrogen and oxygen atoms in total. The summed E-state index contributed by atoms with van der Waals surface area (Å²) in [6.07, 6.45) is 2.50. The molecule has 0 atom stereocenters. The molecule has 1 aliphatic rings. The molecule has 0 aliphatic heterocycles. The van der Waals surface area contributed by atoms with Gasteiger partial charge in [-0.1, -0.05) is 30.3 Å². The SMILES string of the molecule is CC(C)n1ncc2c(C(=O)NC3(C(=O)O)CC3)cc(-c3ccccc3)nc21. The van der Waals surface area contributed by atoms with E-state index in [4.69, 9.17) is 4.98 Å². The minimum atomic E-state index is -1.15. The summed E-state index contributed by atoms with van der Waals surface area (Å²) in [4.78, 5) is 29.1. The Labute approximate surface area is 156 Å². The van der Waals surface area contributed by atoms with Crippen LogP contribution < -0.4 is 5.32 Å². The van der Waals surface area contributed by atoms with E-state index in [0.29, 0.717) is 35.1 Å². The standard InChI is InChI=1S/C20H20N4O3/c1-12(2)24-17-15(11-21-24)14(18(25)23-20(8-9-20)19(26)27)10-16(22-17)13-6-4-3-5-7-13/h3-7,10-12H,8-9H2,1-2H3,(H,23,25)(H,26,27). The Morgan fingerprint density at radius 1 is 1.22 bits per heavy atom. The molecule has 2 aromatic heterocycles. The van der Waals surface area contributed by atoms with E-state index in [1.54, 1.807) is 16.9 Å². The average Bonchev–Trinajstić information content (AvgIpc) is 3.31. The van der Waals surface area contributed by atoms with E-state index in [1.165, 1.54) is 0 Å². The van der Waals surface area contributed by atoms with Crippen LogP contribution in [0, 0.1) is 0 Å². The molecule has 0 bridgehead atoms. The first-order chi connectivity index (χ1) is 12.9. The van der Waals surface area contributed by atoms with Gasteiger partial charge in [0, 0.05) is 11.6 Å². The van der Waals surface area contributed by atoms with Crippen LogP contribution in [0.1, 0.15) is 43.1 Å². The molecule has 0 saturated heterocycles. The second-order valence-corrected chi connectivity index (χ2v) is 7.18. The predicted octanol–water partition coefficient (Wildman–Crippen LogP) is 3.03. The third-order valence-electron chi connectivity index (χ3n) is 4.88. The maximum absolute atomic E-state index is 12.9. The Kier molecular flexibility index (Phi) is 3.95. The number of benzene rings is 1. The fourth-order valence-corrected chi connectivity index (χ4v) is 3.14. The molecule has 1 fully saturated rings. The van der Waals surface area contributed by atoms with Crippen LogP contribution in [0.15, 0.2) is 42.6 Å². The molecule has 1 aliphatic carbocycles. The van der Waals surface area contributed by atoms with Crippen LogP contribution in [0.5, 0.6) is 0 Å². The second-order valence-electron chi connectivity index (χ2n) is 7.18. The first-order valence-electron chi connectivity index (χ1n) is 8.91. The molecule has 1 aromatic carbocycles. The van der Waals surface area contributed by atoms with E-state index in [-0.39, 0.29) is 6.04 Å². The molecule has 0 spiro atoms. The Morgan fingerprint density at radius 3 is 2.52 bits per heavy atom. The Balaban J connectivity index is 1.86. The summed E-state index contributed by atoms with van der Waals surface area (Å²) in [5.41, 5.74) is 1.38. The van der Waals surface area contributed by atoms with Crippen LogP contribution in [0.3, 0.4) is 0 Å². The van der Waals surface area contributed by atoms with E-state index in [9.17, 15) is 14.7 Å². The number of amides is 1. The summed E-state index contributed by atoms with van der Waals surface area (Å²) in [6.45, 7) is 3.99. The van der Waals surface area contributed by atoms with E-state index in [0.717, 1.165) is 5.56 Å². The number of carbonyl (C=O) groups excluding carboxylic acids is 1. The predicted molar refractivity (Wildman–Crippen MR) is 100 cm³/mol. The zero-order valence-corrected chi connectivity index (χ0v) is 15.1. The topological polar surface area (TPSA) is 97.1 Å². The summed E-state index contributed by atoms with van der Waals surface area (Å²) in [6, 6.07) is 11.4. The Hall–Kier alpha value is -3.22. The highest BCUT2D eigenvalue weighted by Gasteiger charge is 2.51. The number of carboxylic acid groups (broad SMARTS) is 1. The van der Waals surface area contributed by atoms with Crippen molar-refractivity contribution in [3.63, 3.8) is 0 Å². The molecule has 2 N–H and O–H groups in total. The molecular weight excluding hydrogens is 344 g/mol. The van der Waals surface area contributed by atoms with Gasteiger partial charge in [0.2, 0.25) is 0 Å². The maximum Gasteiger partial charge on any atom is 0.329 e. The monoisotopic (exact) mass is 364 g/mol. The summed E-state index contributed by atoms with van der Waals surface area (Å²) in [5.74, 6) is -1.41. The molecule has 7 heteroatoms. The number of pyridine rings is 1. The quantitative estimate of drug-likeness (QED) is 0.725. The molecular formula is C20H20N4O3. The zero-order valence-electron chi connectivity index (χ0n) is 15.1. The number of carbonyl (C=O) groups is 2. The summed E-state index contributed by atoms with van der Waals surface area (Å²) >= 11 is 0. The Morgan fingerprint density at radius 2 is 1.93 bits per heavy atom. The van der Waals surface area contributed by atoms with Gasteiger partial charge in [0.15, 0.2) is 5.65 Å².